The van der Waals surface area contributed by atoms with Crippen LogP contribution in [0.15, 0.2) is 18.3 Å². The lowest BCUT2D eigenvalue weighted by Crippen LogP contribution is -1.99. The maximum absolute atomic E-state index is 10.4. The lowest BCUT2D eigenvalue weighted by molar-refractivity contribution is 0.0690. The lowest BCUT2D eigenvalue weighted by Gasteiger charge is -1.97. The first-order chi connectivity index (χ1) is 5.74. The number of nitrogens with zero attached hydrogens (tertiary/aromatic N) is 1. The van der Waals surface area contributed by atoms with E-state index in [1.165, 1.54) is 6.07 Å². The van der Waals surface area contributed by atoms with Crippen molar-refractivity contribution in [3.8, 4) is 0 Å². The molecule has 1 N–H and O–H groups in total. The third kappa shape index (κ3) is 2.05. The predicted molar refractivity (Wildman–Crippen MR) is 45.2 cm³/mol. The summed E-state index contributed by atoms with van der Waals surface area (Å²) in [7, 11) is 0. The molecule has 1 aromatic rings. The third-order valence-electron chi connectivity index (χ3n) is 1.58. The van der Waals surface area contributed by atoms with E-state index in [4.69, 9.17) is 5.11 Å². The average molecular weight is 165 g/mol. The quantitative estimate of drug-likeness (QED) is 0.742. The van der Waals surface area contributed by atoms with Gasteiger partial charge in [-0.1, -0.05) is 19.4 Å². The number of aryl methyl sites for hydroxylation is 1. The van der Waals surface area contributed by atoms with E-state index < -0.39 is 5.97 Å². The van der Waals surface area contributed by atoms with Gasteiger partial charge in [-0.15, -0.1) is 0 Å². The molecule has 0 aromatic carbocycles. The molecule has 0 unspecified atom stereocenters. The second-order valence-corrected chi connectivity index (χ2v) is 2.61. The Morgan fingerprint density at radius 2 is 2.33 bits per heavy atom. The van der Waals surface area contributed by atoms with E-state index in [1.54, 1.807) is 12.3 Å². The molecule has 12 heavy (non-hydrogen) atoms. The van der Waals surface area contributed by atoms with Gasteiger partial charge < -0.3 is 5.11 Å². The molecular formula is C9H11NO2. The Bertz CT molecular complexity index is 266. The van der Waals surface area contributed by atoms with Crippen molar-refractivity contribution in [2.45, 2.75) is 19.8 Å². The minimum Gasteiger partial charge on any atom is -0.477 e. The molecule has 3 heteroatoms. The van der Waals surface area contributed by atoms with Crippen LogP contribution >= 0.6 is 0 Å². The van der Waals surface area contributed by atoms with Gasteiger partial charge in [-0.3, -0.25) is 0 Å². The summed E-state index contributed by atoms with van der Waals surface area (Å²) < 4.78 is 0. The monoisotopic (exact) mass is 165 g/mol. The van der Waals surface area contributed by atoms with Gasteiger partial charge in [0.05, 0.1) is 0 Å². The summed E-state index contributed by atoms with van der Waals surface area (Å²) in [6.45, 7) is 2.07. The van der Waals surface area contributed by atoms with Crippen LogP contribution in [-0.4, -0.2) is 16.1 Å². The Kier molecular flexibility index (Phi) is 2.80. The van der Waals surface area contributed by atoms with Crippen LogP contribution < -0.4 is 0 Å². The van der Waals surface area contributed by atoms with Crippen molar-refractivity contribution in [1.29, 1.82) is 0 Å². The second kappa shape index (κ2) is 3.85. The SMILES string of the molecule is CCCc1ccc(C(=O)O)nc1. The Morgan fingerprint density at radius 3 is 2.75 bits per heavy atom. The van der Waals surface area contributed by atoms with Gasteiger partial charge in [-0.05, 0) is 18.1 Å². The maximum atomic E-state index is 10.4. The zero-order valence-corrected chi connectivity index (χ0v) is 6.95. The molecule has 0 aliphatic rings. The number of carbonyl (C=O) groups is 1. The molecule has 0 aliphatic carbocycles. The van der Waals surface area contributed by atoms with E-state index in [9.17, 15) is 4.79 Å². The van der Waals surface area contributed by atoms with E-state index in [0.717, 1.165) is 18.4 Å². The Hall–Kier alpha value is -1.38. The summed E-state index contributed by atoms with van der Waals surface area (Å²) in [5, 5.41) is 8.54. The van der Waals surface area contributed by atoms with E-state index in [2.05, 4.69) is 11.9 Å². The molecule has 1 heterocycles. The Labute approximate surface area is 71.1 Å². The number of pyridine rings is 1. The minimum absolute atomic E-state index is 0.106. The zero-order valence-electron chi connectivity index (χ0n) is 6.95. The summed E-state index contributed by atoms with van der Waals surface area (Å²) in [5.41, 5.74) is 1.19. The summed E-state index contributed by atoms with van der Waals surface area (Å²) in [4.78, 5) is 14.2. The van der Waals surface area contributed by atoms with Crippen LogP contribution in [0.5, 0.6) is 0 Å². The molecule has 0 bridgehead atoms. The fraction of sp³-hybridized carbons (Fsp3) is 0.333. The molecular weight excluding hydrogens is 154 g/mol. The topological polar surface area (TPSA) is 50.2 Å². The van der Waals surface area contributed by atoms with Gasteiger partial charge in [-0.2, -0.15) is 0 Å². The maximum Gasteiger partial charge on any atom is 0.354 e. The van der Waals surface area contributed by atoms with Crippen LogP contribution in [0, 0.1) is 0 Å². The normalized spacial score (nSPS) is 9.75. The van der Waals surface area contributed by atoms with Crippen molar-refractivity contribution in [3.05, 3.63) is 29.6 Å². The van der Waals surface area contributed by atoms with E-state index in [-0.39, 0.29) is 5.69 Å². The fourth-order valence-electron chi connectivity index (χ4n) is 0.988. The highest BCUT2D eigenvalue weighted by Crippen LogP contribution is 2.02. The molecule has 0 fully saturated rings. The minimum atomic E-state index is -0.974. The molecule has 0 saturated carbocycles. The van der Waals surface area contributed by atoms with Gasteiger partial charge in [0.25, 0.3) is 0 Å². The standard InChI is InChI=1S/C9H11NO2/c1-2-3-7-4-5-8(9(11)12)10-6-7/h4-6H,2-3H2,1H3,(H,11,12). The molecule has 3 nitrogen and oxygen atoms in total. The van der Waals surface area contributed by atoms with Gasteiger partial charge in [0.1, 0.15) is 5.69 Å². The summed E-state index contributed by atoms with van der Waals surface area (Å²) in [5.74, 6) is -0.974. The third-order valence-corrected chi connectivity index (χ3v) is 1.58. The van der Waals surface area contributed by atoms with Gasteiger partial charge in [0.15, 0.2) is 0 Å². The molecule has 0 radical (unpaired) electrons. The van der Waals surface area contributed by atoms with Gasteiger partial charge in [-0.25, -0.2) is 9.78 Å². The van der Waals surface area contributed by atoms with Crippen LogP contribution in [0.1, 0.15) is 29.4 Å². The van der Waals surface area contributed by atoms with E-state index in [0.29, 0.717) is 0 Å². The number of hydrogen-bond donors (Lipinski definition) is 1. The first-order valence-electron chi connectivity index (χ1n) is 3.92. The van der Waals surface area contributed by atoms with Gasteiger partial charge in [0, 0.05) is 6.20 Å². The van der Waals surface area contributed by atoms with Crippen LogP contribution in [0.3, 0.4) is 0 Å². The fourth-order valence-corrected chi connectivity index (χ4v) is 0.988. The van der Waals surface area contributed by atoms with E-state index in [1.807, 2.05) is 0 Å². The van der Waals surface area contributed by atoms with Crippen molar-refractivity contribution in [2.75, 3.05) is 0 Å². The van der Waals surface area contributed by atoms with Crippen LogP contribution in [0.25, 0.3) is 0 Å². The number of rotatable bonds is 3. The molecule has 0 spiro atoms. The average Bonchev–Trinajstić information content (AvgIpc) is 2.06. The Morgan fingerprint density at radius 1 is 1.58 bits per heavy atom. The molecule has 0 aliphatic heterocycles. The van der Waals surface area contributed by atoms with Crippen LogP contribution in [0.4, 0.5) is 0 Å². The lowest BCUT2D eigenvalue weighted by atomic mass is 10.1. The first-order valence-corrected chi connectivity index (χ1v) is 3.92. The van der Waals surface area contributed by atoms with Gasteiger partial charge in [0.2, 0.25) is 0 Å². The van der Waals surface area contributed by atoms with Crippen molar-refractivity contribution in [2.24, 2.45) is 0 Å². The number of hydrogen-bond acceptors (Lipinski definition) is 2. The van der Waals surface area contributed by atoms with Gasteiger partial charge >= 0.3 is 5.97 Å². The number of aromatic carboxylic acids is 1. The molecule has 1 rings (SSSR count). The van der Waals surface area contributed by atoms with Crippen molar-refractivity contribution >= 4 is 5.97 Å². The summed E-state index contributed by atoms with van der Waals surface area (Å²) in [6.07, 6.45) is 3.62. The smallest absolute Gasteiger partial charge is 0.354 e. The van der Waals surface area contributed by atoms with E-state index >= 15 is 0 Å². The highest BCUT2D eigenvalue weighted by Gasteiger charge is 2.02. The zero-order chi connectivity index (χ0) is 8.97. The van der Waals surface area contributed by atoms with Crippen molar-refractivity contribution < 1.29 is 9.90 Å². The second-order valence-electron chi connectivity index (χ2n) is 2.61. The summed E-state index contributed by atoms with van der Waals surface area (Å²) >= 11 is 0. The Balaban J connectivity index is 2.78. The number of carboxylic acids is 1. The van der Waals surface area contributed by atoms with Crippen molar-refractivity contribution in [3.63, 3.8) is 0 Å². The largest absolute Gasteiger partial charge is 0.477 e. The van der Waals surface area contributed by atoms with Crippen molar-refractivity contribution in [1.82, 2.24) is 4.98 Å². The number of aromatic nitrogens is 1. The molecule has 0 amide bonds. The molecule has 0 atom stereocenters. The summed E-state index contributed by atoms with van der Waals surface area (Å²) in [6, 6.07) is 3.34. The number of carboxylic acid groups (broad SMARTS) is 1. The predicted octanol–water partition coefficient (Wildman–Crippen LogP) is 1.73. The van der Waals surface area contributed by atoms with Crippen LogP contribution in [-0.2, 0) is 6.42 Å². The first kappa shape index (κ1) is 8.71. The molecule has 1 aromatic heterocycles. The van der Waals surface area contributed by atoms with Crippen LogP contribution in [0.2, 0.25) is 0 Å². The molecule has 64 valence electrons. The molecule has 0 saturated heterocycles. The highest BCUT2D eigenvalue weighted by atomic mass is 16.4. The highest BCUT2D eigenvalue weighted by molar-refractivity contribution is 5.85.